The Morgan fingerprint density at radius 2 is 1.65 bits per heavy atom. The molecule has 1 N–H and O–H groups in total. The van der Waals surface area contributed by atoms with Gasteiger partial charge >= 0.3 is 5.97 Å². The zero-order chi connectivity index (χ0) is 23.9. The molecule has 0 aliphatic heterocycles. The van der Waals surface area contributed by atoms with Crippen LogP contribution in [0.5, 0.6) is 0 Å². The second-order valence-electron chi connectivity index (χ2n) is 8.24. The van der Waals surface area contributed by atoms with E-state index in [0.29, 0.717) is 42.1 Å². The first kappa shape index (κ1) is 23.4. The summed E-state index contributed by atoms with van der Waals surface area (Å²) in [4.78, 5) is 35.4. The summed E-state index contributed by atoms with van der Waals surface area (Å²) in [5, 5.41) is 2.93. The summed E-state index contributed by atoms with van der Waals surface area (Å²) in [6, 6.07) is 17.6. The summed E-state index contributed by atoms with van der Waals surface area (Å²) in [7, 11) is 0. The molecule has 2 aromatic heterocycles. The van der Waals surface area contributed by atoms with Crippen molar-refractivity contribution in [2.24, 2.45) is 0 Å². The number of aromatic nitrogens is 3. The van der Waals surface area contributed by atoms with E-state index in [4.69, 9.17) is 14.7 Å². The lowest BCUT2D eigenvalue weighted by molar-refractivity contribution is -0.115. The van der Waals surface area contributed by atoms with Gasteiger partial charge in [-0.2, -0.15) is 0 Å². The van der Waals surface area contributed by atoms with Crippen molar-refractivity contribution in [2.45, 2.75) is 52.5 Å². The van der Waals surface area contributed by atoms with E-state index in [2.05, 4.69) is 24.4 Å². The van der Waals surface area contributed by atoms with Crippen LogP contribution in [-0.2, 0) is 22.5 Å². The third-order valence-electron chi connectivity index (χ3n) is 5.78. The predicted octanol–water partition coefficient (Wildman–Crippen LogP) is 5.52. The Morgan fingerprint density at radius 1 is 0.941 bits per heavy atom. The van der Waals surface area contributed by atoms with Gasteiger partial charge in [-0.3, -0.25) is 4.79 Å². The van der Waals surface area contributed by atoms with E-state index >= 15 is 0 Å². The van der Waals surface area contributed by atoms with Crippen molar-refractivity contribution in [2.75, 3.05) is 11.9 Å². The Bertz CT molecular complexity index is 1300. The van der Waals surface area contributed by atoms with Gasteiger partial charge in [-0.25, -0.2) is 14.8 Å². The van der Waals surface area contributed by atoms with Crippen molar-refractivity contribution in [1.29, 1.82) is 0 Å². The topological polar surface area (TPSA) is 86.1 Å². The maximum absolute atomic E-state index is 13.3. The van der Waals surface area contributed by atoms with Gasteiger partial charge in [0.05, 0.1) is 17.6 Å². The standard InChI is InChI=1S/C27H30N4O3/c1-3-5-11-18-34-27(33)23-24-26(29-21-15-10-9-14-20(21)28-24)31(25(23)30-22(32)4-2)17-16-19-12-7-6-8-13-19/h6-10,12-15H,3-5,11,16-18H2,1-2H3,(H,30,32). The Kier molecular flexibility index (Phi) is 7.52. The average molecular weight is 459 g/mol. The van der Waals surface area contributed by atoms with Crippen LogP contribution in [0, 0.1) is 0 Å². The number of hydrogen-bond donors (Lipinski definition) is 1. The normalized spacial score (nSPS) is 11.1. The van der Waals surface area contributed by atoms with Gasteiger partial charge in [-0.15, -0.1) is 0 Å². The number of carbonyl (C=O) groups is 2. The number of nitrogens with zero attached hydrogens (tertiary/aromatic N) is 3. The van der Waals surface area contributed by atoms with Crippen LogP contribution in [0.25, 0.3) is 22.2 Å². The van der Waals surface area contributed by atoms with Crippen molar-refractivity contribution >= 4 is 39.9 Å². The maximum Gasteiger partial charge on any atom is 0.344 e. The van der Waals surface area contributed by atoms with E-state index in [1.807, 2.05) is 47.0 Å². The molecule has 7 nitrogen and oxygen atoms in total. The van der Waals surface area contributed by atoms with Crippen molar-refractivity contribution < 1.29 is 14.3 Å². The summed E-state index contributed by atoms with van der Waals surface area (Å²) in [5.74, 6) is -0.280. The number of ether oxygens (including phenoxy) is 1. The van der Waals surface area contributed by atoms with E-state index in [-0.39, 0.29) is 17.9 Å². The number of aryl methyl sites for hydroxylation is 2. The summed E-state index contributed by atoms with van der Waals surface area (Å²) in [6.45, 7) is 4.72. The van der Waals surface area contributed by atoms with Gasteiger partial charge in [0.25, 0.3) is 0 Å². The van der Waals surface area contributed by atoms with Crippen molar-refractivity contribution in [1.82, 2.24) is 14.5 Å². The maximum atomic E-state index is 13.3. The number of unbranched alkanes of at least 4 members (excludes halogenated alkanes) is 2. The molecule has 2 heterocycles. The molecule has 0 spiro atoms. The quantitative estimate of drug-likeness (QED) is 0.250. The second kappa shape index (κ2) is 10.9. The van der Waals surface area contributed by atoms with E-state index in [1.165, 1.54) is 0 Å². The summed E-state index contributed by atoms with van der Waals surface area (Å²) in [5.41, 5.74) is 3.82. The number of rotatable bonds is 10. The average Bonchev–Trinajstić information content (AvgIpc) is 3.16. The molecular formula is C27H30N4O3. The first-order valence-corrected chi connectivity index (χ1v) is 11.9. The van der Waals surface area contributed by atoms with E-state index in [1.54, 1.807) is 6.92 Å². The molecule has 0 saturated carbocycles. The molecular weight excluding hydrogens is 428 g/mol. The number of fused-ring (bicyclic) bond motifs is 2. The number of carbonyl (C=O) groups excluding carboxylic acids is 2. The molecule has 0 atom stereocenters. The number of nitrogens with one attached hydrogen (secondary N) is 1. The molecule has 2 aromatic carbocycles. The predicted molar refractivity (Wildman–Crippen MR) is 134 cm³/mol. The minimum Gasteiger partial charge on any atom is -0.462 e. The highest BCUT2D eigenvalue weighted by Gasteiger charge is 2.27. The number of benzene rings is 2. The van der Waals surface area contributed by atoms with Crippen LogP contribution in [0.2, 0.25) is 0 Å². The zero-order valence-electron chi connectivity index (χ0n) is 19.7. The van der Waals surface area contributed by atoms with E-state index < -0.39 is 5.97 Å². The Labute approximate surface area is 199 Å². The minimum atomic E-state index is -0.490. The third kappa shape index (κ3) is 5.09. The van der Waals surface area contributed by atoms with E-state index in [0.717, 1.165) is 30.3 Å². The molecule has 1 amide bonds. The fourth-order valence-corrected chi connectivity index (χ4v) is 3.94. The lowest BCUT2D eigenvalue weighted by atomic mass is 10.1. The monoisotopic (exact) mass is 458 g/mol. The number of amides is 1. The number of esters is 1. The van der Waals surface area contributed by atoms with Crippen molar-refractivity contribution in [3.05, 3.63) is 65.7 Å². The van der Waals surface area contributed by atoms with Crippen molar-refractivity contribution in [3.8, 4) is 0 Å². The fraction of sp³-hybridized carbons (Fsp3) is 0.333. The van der Waals surface area contributed by atoms with Crippen LogP contribution in [0.1, 0.15) is 55.5 Å². The third-order valence-corrected chi connectivity index (χ3v) is 5.78. The van der Waals surface area contributed by atoms with Gasteiger partial charge in [0.15, 0.2) is 5.65 Å². The SMILES string of the molecule is CCCCCOC(=O)c1c(NC(=O)CC)n(CCc2ccccc2)c2nc3ccccc3nc12. The number of anilines is 1. The van der Waals surface area contributed by atoms with E-state index in [9.17, 15) is 9.59 Å². The summed E-state index contributed by atoms with van der Waals surface area (Å²) < 4.78 is 7.50. The largest absolute Gasteiger partial charge is 0.462 e. The van der Waals surface area contributed by atoms with Gasteiger partial charge in [0.2, 0.25) is 5.91 Å². The van der Waals surface area contributed by atoms with Crippen LogP contribution < -0.4 is 5.32 Å². The molecule has 0 saturated heterocycles. The molecule has 34 heavy (non-hydrogen) atoms. The molecule has 0 bridgehead atoms. The van der Waals surface area contributed by atoms with Gasteiger partial charge < -0.3 is 14.6 Å². The molecule has 0 aliphatic carbocycles. The fourth-order valence-electron chi connectivity index (χ4n) is 3.94. The Morgan fingerprint density at radius 3 is 2.35 bits per heavy atom. The lowest BCUT2D eigenvalue weighted by Crippen LogP contribution is -2.18. The molecule has 4 aromatic rings. The lowest BCUT2D eigenvalue weighted by Gasteiger charge is -2.12. The summed E-state index contributed by atoms with van der Waals surface area (Å²) in [6.07, 6.45) is 3.80. The van der Waals surface area contributed by atoms with Crippen LogP contribution in [0.15, 0.2) is 54.6 Å². The van der Waals surface area contributed by atoms with Crippen LogP contribution in [0.3, 0.4) is 0 Å². The van der Waals surface area contributed by atoms with Gasteiger partial charge in [0, 0.05) is 13.0 Å². The first-order valence-electron chi connectivity index (χ1n) is 11.9. The highest BCUT2D eigenvalue weighted by Crippen LogP contribution is 2.31. The Hall–Kier alpha value is -3.74. The number of hydrogen-bond acceptors (Lipinski definition) is 5. The second-order valence-corrected chi connectivity index (χ2v) is 8.24. The highest BCUT2D eigenvalue weighted by molar-refractivity contribution is 6.11. The van der Waals surface area contributed by atoms with Gasteiger partial charge in [-0.1, -0.05) is 69.2 Å². The van der Waals surface area contributed by atoms with Gasteiger partial charge in [0.1, 0.15) is 16.9 Å². The Balaban J connectivity index is 1.84. The molecule has 0 radical (unpaired) electrons. The molecule has 0 aliphatic rings. The van der Waals surface area contributed by atoms with Gasteiger partial charge in [-0.05, 0) is 30.5 Å². The number of para-hydroxylation sites is 2. The molecule has 0 fully saturated rings. The highest BCUT2D eigenvalue weighted by atomic mass is 16.5. The van der Waals surface area contributed by atoms with Crippen molar-refractivity contribution in [3.63, 3.8) is 0 Å². The van der Waals surface area contributed by atoms with Crippen LogP contribution in [0.4, 0.5) is 5.82 Å². The molecule has 7 heteroatoms. The smallest absolute Gasteiger partial charge is 0.344 e. The van der Waals surface area contributed by atoms with Crippen LogP contribution in [-0.4, -0.2) is 33.0 Å². The minimum absolute atomic E-state index is 0.187. The molecule has 0 unspecified atom stereocenters. The molecule has 4 rings (SSSR count). The van der Waals surface area contributed by atoms with Crippen LogP contribution >= 0.6 is 0 Å². The molecule has 176 valence electrons. The summed E-state index contributed by atoms with van der Waals surface area (Å²) >= 11 is 0. The first-order chi connectivity index (χ1) is 16.6. The zero-order valence-corrected chi connectivity index (χ0v) is 19.7.